The van der Waals surface area contributed by atoms with Crippen molar-refractivity contribution in [3.05, 3.63) is 102 Å². The number of aromatic hydroxyl groups is 1. The second-order valence-corrected chi connectivity index (χ2v) is 9.47. The van der Waals surface area contributed by atoms with Gasteiger partial charge in [-0.2, -0.15) is 0 Å². The van der Waals surface area contributed by atoms with Crippen LogP contribution in [0.3, 0.4) is 0 Å². The number of unbranched alkanes of at least 4 members (excludes halogenated alkanes) is 8. The van der Waals surface area contributed by atoms with E-state index in [1.54, 1.807) is 12.1 Å². The maximum absolute atomic E-state index is 9.98. The predicted octanol–water partition coefficient (Wildman–Crippen LogP) is 10.8. The number of carbonyl (C=O) groups is 2. The fourth-order valence-corrected chi connectivity index (χ4v) is 3.65. The molecule has 0 aliphatic carbocycles. The van der Waals surface area contributed by atoms with E-state index in [2.05, 4.69) is 55.2 Å². The fraction of sp³-hybridized carbons (Fsp3) is 0.463. The van der Waals surface area contributed by atoms with E-state index in [4.69, 9.17) is 0 Å². The van der Waals surface area contributed by atoms with E-state index < -0.39 is 0 Å². The lowest BCUT2D eigenvalue weighted by Gasteiger charge is -2.09. The number of carbonyl (C=O) groups excluding carboxylic acids is 2. The van der Waals surface area contributed by atoms with Crippen molar-refractivity contribution < 1.29 is 14.7 Å². The predicted molar refractivity (Wildman–Crippen MR) is 205 cm³/mol. The van der Waals surface area contributed by atoms with Crippen LogP contribution in [0.1, 0.15) is 122 Å². The van der Waals surface area contributed by atoms with Crippen molar-refractivity contribution in [2.24, 2.45) is 5.73 Å². The highest BCUT2D eigenvalue weighted by molar-refractivity contribution is 5.91. The molecule has 0 unspecified atom stereocenters. The van der Waals surface area contributed by atoms with E-state index in [9.17, 15) is 14.7 Å². The van der Waals surface area contributed by atoms with Crippen molar-refractivity contribution in [3.8, 4) is 5.75 Å². The molecule has 260 valence electrons. The van der Waals surface area contributed by atoms with Crippen LogP contribution in [0.25, 0.3) is 11.6 Å². The third kappa shape index (κ3) is 31.9. The summed E-state index contributed by atoms with van der Waals surface area (Å²) in [5, 5.41) is 12.2. The van der Waals surface area contributed by atoms with Gasteiger partial charge in [-0.25, -0.2) is 0 Å². The average Bonchev–Trinajstić information content (AvgIpc) is 3.11. The minimum absolute atomic E-state index is 0.283. The van der Waals surface area contributed by atoms with E-state index in [0.717, 1.165) is 47.7 Å². The van der Waals surface area contributed by atoms with Gasteiger partial charge in [0, 0.05) is 12.8 Å². The summed E-state index contributed by atoms with van der Waals surface area (Å²) in [4.78, 5) is 20.0. The molecule has 3 aromatic rings. The Morgan fingerprint density at radius 1 is 0.609 bits per heavy atom. The number of phenolic OH excluding ortho intramolecular Hbond substituents is 1. The fourth-order valence-electron chi connectivity index (χ4n) is 3.65. The van der Waals surface area contributed by atoms with Gasteiger partial charge >= 0.3 is 0 Å². The molecule has 4 N–H and O–H groups in total. The quantitative estimate of drug-likeness (QED) is 0.0986. The first-order valence-electron chi connectivity index (χ1n) is 17.2. The molecule has 0 aliphatic rings. The summed E-state index contributed by atoms with van der Waals surface area (Å²) >= 11 is 0. The first kappa shape index (κ1) is 49.3. The lowest BCUT2D eigenvalue weighted by molar-refractivity contribution is -0.108. The molecular weight excluding hydrogens is 568 g/mol. The molecule has 0 bridgehead atoms. The van der Waals surface area contributed by atoms with E-state index in [1.807, 2.05) is 90.3 Å². The summed E-state index contributed by atoms with van der Waals surface area (Å²) in [6, 6.07) is 27.9. The molecule has 0 amide bonds. The van der Waals surface area contributed by atoms with Crippen LogP contribution < -0.4 is 11.1 Å². The van der Waals surface area contributed by atoms with Gasteiger partial charge in [0.1, 0.15) is 18.3 Å². The minimum Gasteiger partial charge on any atom is -0.508 e. The Morgan fingerprint density at radius 3 is 1.30 bits per heavy atom. The largest absolute Gasteiger partial charge is 0.508 e. The molecule has 0 aliphatic heterocycles. The van der Waals surface area contributed by atoms with Gasteiger partial charge in [0.05, 0.1) is 0 Å². The van der Waals surface area contributed by atoms with E-state index in [0.29, 0.717) is 12.8 Å². The van der Waals surface area contributed by atoms with Gasteiger partial charge in [-0.05, 0) is 74.5 Å². The van der Waals surface area contributed by atoms with Gasteiger partial charge in [-0.1, -0.05) is 153 Å². The molecule has 5 nitrogen and oxygen atoms in total. The van der Waals surface area contributed by atoms with Gasteiger partial charge in [-0.15, -0.1) is 0 Å². The van der Waals surface area contributed by atoms with Crippen LogP contribution in [0.5, 0.6) is 5.75 Å². The lowest BCUT2D eigenvalue weighted by atomic mass is 9.96. The number of hydrogen-bond donors (Lipinski definition) is 3. The average molecular weight is 637 g/mol. The second-order valence-electron chi connectivity index (χ2n) is 9.47. The highest BCUT2D eigenvalue weighted by Crippen LogP contribution is 2.27. The highest BCUT2D eigenvalue weighted by Gasteiger charge is 2.05. The van der Waals surface area contributed by atoms with Gasteiger partial charge in [0.2, 0.25) is 0 Å². The van der Waals surface area contributed by atoms with Crippen molar-refractivity contribution in [3.63, 3.8) is 0 Å². The summed E-state index contributed by atoms with van der Waals surface area (Å²) in [5.41, 5.74) is 9.04. The molecular formula is C41H68N2O3. The summed E-state index contributed by atoms with van der Waals surface area (Å²) in [6.07, 6.45) is 15.0. The number of aldehydes is 2. The third-order valence-electron chi connectivity index (χ3n) is 5.52. The molecule has 0 radical (unpaired) electrons. The molecule has 3 rings (SSSR count). The summed E-state index contributed by atoms with van der Waals surface area (Å²) in [6.45, 7) is 12.2. The normalized spacial score (nSPS) is 9.13. The van der Waals surface area contributed by atoms with Crippen LogP contribution in [-0.4, -0.2) is 38.8 Å². The van der Waals surface area contributed by atoms with Crippen LogP contribution in [0, 0.1) is 0 Å². The number of nitrogens with one attached hydrogen (secondary N) is 1. The number of benzene rings is 3. The first-order valence-corrected chi connectivity index (χ1v) is 17.2. The number of rotatable bonds is 13. The zero-order valence-electron chi connectivity index (χ0n) is 30.7. The Bertz CT molecular complexity index is 989. The van der Waals surface area contributed by atoms with Gasteiger partial charge in [-0.3, -0.25) is 0 Å². The molecule has 5 heteroatoms. The van der Waals surface area contributed by atoms with Crippen LogP contribution in [0.4, 0.5) is 0 Å². The van der Waals surface area contributed by atoms with Crippen molar-refractivity contribution in [1.29, 1.82) is 0 Å². The maximum atomic E-state index is 9.98. The van der Waals surface area contributed by atoms with Gasteiger partial charge < -0.3 is 25.7 Å². The van der Waals surface area contributed by atoms with Crippen LogP contribution in [0.2, 0.25) is 0 Å². The number of nitrogens with two attached hydrogens (primary N) is 1. The monoisotopic (exact) mass is 637 g/mol. The van der Waals surface area contributed by atoms with Gasteiger partial charge in [0.15, 0.2) is 0 Å². The Morgan fingerprint density at radius 2 is 0.935 bits per heavy atom. The molecule has 0 atom stereocenters. The molecule has 0 fully saturated rings. The number of phenols is 1. The Balaban J connectivity index is -0.000000303. The molecule has 0 saturated heterocycles. The first-order chi connectivity index (χ1) is 22.6. The standard InChI is InChI=1S/C20H16O.C11H20O2.C3H8.C2H7N.2C2H6.CH5N/c21-19-13-11-18(12-14-19)20(17-9-5-2-6-10-17)15-16-7-3-1-4-8-16;12-10-8-6-4-2-1-3-5-7-9-11-13;2*1-3-2;3*1-2/h1-15,21H;10-11H,1-9H2;3H2,1-2H3;3H,1-2H3;2*1-2H3;2H2,1H3/b20-15-;;;;;;. The molecule has 0 spiro atoms. The molecule has 46 heavy (non-hydrogen) atoms. The van der Waals surface area contributed by atoms with E-state index >= 15 is 0 Å². The van der Waals surface area contributed by atoms with E-state index in [-0.39, 0.29) is 5.75 Å². The highest BCUT2D eigenvalue weighted by atomic mass is 16.3. The third-order valence-corrected chi connectivity index (χ3v) is 5.52. The number of hydrogen-bond acceptors (Lipinski definition) is 5. The molecule has 0 aromatic heterocycles. The topological polar surface area (TPSA) is 92.4 Å². The van der Waals surface area contributed by atoms with Crippen molar-refractivity contribution >= 4 is 24.2 Å². The summed E-state index contributed by atoms with van der Waals surface area (Å²) in [7, 11) is 5.25. The molecule has 0 saturated carbocycles. The molecule has 3 aromatic carbocycles. The smallest absolute Gasteiger partial charge is 0.119 e. The molecule has 0 heterocycles. The SMILES string of the molecule is CC.CC.CCC.CN.CNC.O=CCCCCCCCCCC=O.Oc1ccc(/C(=C\c2ccccc2)c2ccccc2)cc1. The van der Waals surface area contributed by atoms with Crippen molar-refractivity contribution in [2.45, 2.75) is 106 Å². The Kier molecular flexibility index (Phi) is 46.8. The Hall–Kier alpha value is -3.54. The zero-order valence-corrected chi connectivity index (χ0v) is 30.7. The van der Waals surface area contributed by atoms with Crippen LogP contribution in [-0.2, 0) is 9.59 Å². The Labute approximate surface area is 283 Å². The minimum atomic E-state index is 0.283. The summed E-state index contributed by atoms with van der Waals surface area (Å²) < 4.78 is 0. The second kappa shape index (κ2) is 43.6. The lowest BCUT2D eigenvalue weighted by Crippen LogP contribution is -1.89. The van der Waals surface area contributed by atoms with Gasteiger partial charge in [0.25, 0.3) is 0 Å². The maximum Gasteiger partial charge on any atom is 0.119 e. The van der Waals surface area contributed by atoms with Crippen molar-refractivity contribution in [1.82, 2.24) is 5.32 Å². The van der Waals surface area contributed by atoms with E-state index in [1.165, 1.54) is 45.6 Å². The van der Waals surface area contributed by atoms with Crippen molar-refractivity contribution in [2.75, 3.05) is 21.1 Å². The van der Waals surface area contributed by atoms with Crippen LogP contribution in [0.15, 0.2) is 84.9 Å². The zero-order chi connectivity index (χ0) is 35.7. The van der Waals surface area contributed by atoms with Crippen LogP contribution >= 0.6 is 0 Å². The summed E-state index contributed by atoms with van der Waals surface area (Å²) in [5.74, 6) is 0.283.